The summed E-state index contributed by atoms with van der Waals surface area (Å²) in [5.74, 6) is -0.459. The second kappa shape index (κ2) is 43.0. The number of unbranched alkanes of at least 4 members (excludes halogenated alkanes) is 32. The van der Waals surface area contributed by atoms with E-state index in [1.165, 1.54) is 180 Å². The molecule has 0 saturated carbocycles. The Labute approximate surface area is 336 Å². The van der Waals surface area contributed by atoms with Crippen LogP contribution in [0.3, 0.4) is 0 Å². The van der Waals surface area contributed by atoms with Crippen molar-refractivity contribution in [2.45, 2.75) is 289 Å². The average molecular weight is 766 g/mol. The summed E-state index contributed by atoms with van der Waals surface area (Å²) in [5.41, 5.74) is 0. The number of esters is 1. The molecule has 0 aliphatic heterocycles. The Kier molecular flexibility index (Phi) is 42.1. The number of nitrogens with one attached hydrogen (secondary N) is 1. The lowest BCUT2D eigenvalue weighted by Gasteiger charge is -2.24. The van der Waals surface area contributed by atoms with E-state index >= 15 is 0 Å². The van der Waals surface area contributed by atoms with Gasteiger partial charge in [-0.2, -0.15) is 0 Å². The molecule has 0 aromatic rings. The summed E-state index contributed by atoms with van der Waals surface area (Å²) in [6.07, 6.45) is 44.5. The van der Waals surface area contributed by atoms with Gasteiger partial charge in [0.2, 0.25) is 5.91 Å². The standard InChI is InChI=1S/C48H95NO5/c1-4-7-10-13-16-19-21-22-23-24-26-28-31-34-37-40-46(51)45(43-50)49-47(52)42-44(39-36-33-30-27-18-15-12-9-6-3)54-48(53)41-38-35-32-29-25-20-17-14-11-8-5-2/h44-46,50-51H,4-43H2,1-3H3,(H,49,52). The quantitative estimate of drug-likeness (QED) is 0.0424. The molecule has 6 nitrogen and oxygen atoms in total. The molecule has 0 bridgehead atoms. The number of aliphatic hydroxyl groups is 2. The first-order valence-electron chi connectivity index (χ1n) is 24.3. The highest BCUT2D eigenvalue weighted by molar-refractivity contribution is 5.77. The molecule has 3 N–H and O–H groups in total. The summed E-state index contributed by atoms with van der Waals surface area (Å²) >= 11 is 0. The van der Waals surface area contributed by atoms with Crippen LogP contribution in [-0.2, 0) is 14.3 Å². The lowest BCUT2D eigenvalue weighted by atomic mass is 10.0. The molecule has 0 saturated heterocycles. The van der Waals surface area contributed by atoms with Crippen molar-refractivity contribution < 1.29 is 24.5 Å². The Balaban J connectivity index is 4.42. The molecule has 0 aromatic heterocycles. The van der Waals surface area contributed by atoms with E-state index in [0.717, 1.165) is 44.9 Å². The molecular formula is C48H95NO5. The van der Waals surface area contributed by atoms with Gasteiger partial charge in [-0.1, -0.05) is 233 Å². The summed E-state index contributed by atoms with van der Waals surface area (Å²) in [7, 11) is 0. The minimum absolute atomic E-state index is 0.0865. The maximum atomic E-state index is 13.1. The average Bonchev–Trinajstić information content (AvgIpc) is 3.16. The third-order valence-electron chi connectivity index (χ3n) is 11.4. The van der Waals surface area contributed by atoms with Gasteiger partial charge in [-0.15, -0.1) is 0 Å². The molecule has 0 rings (SSSR count). The Bertz CT molecular complexity index is 776. The Hall–Kier alpha value is -1.14. The highest BCUT2D eigenvalue weighted by atomic mass is 16.5. The van der Waals surface area contributed by atoms with Crippen LogP contribution in [0, 0.1) is 0 Å². The van der Waals surface area contributed by atoms with Gasteiger partial charge in [-0.05, 0) is 25.7 Å². The van der Waals surface area contributed by atoms with E-state index in [9.17, 15) is 19.8 Å². The van der Waals surface area contributed by atoms with E-state index in [2.05, 4.69) is 26.1 Å². The van der Waals surface area contributed by atoms with Crippen molar-refractivity contribution in [3.8, 4) is 0 Å². The van der Waals surface area contributed by atoms with Gasteiger partial charge in [0.15, 0.2) is 0 Å². The van der Waals surface area contributed by atoms with E-state index in [1.807, 2.05) is 0 Å². The SMILES string of the molecule is CCCCCCCCCCCCCCCCCC(O)C(CO)NC(=O)CC(CCCCCCCCCCC)OC(=O)CCCCCCCCCCCCC. The maximum absolute atomic E-state index is 13.1. The number of hydrogen-bond donors (Lipinski definition) is 3. The van der Waals surface area contributed by atoms with Crippen LogP contribution in [0.4, 0.5) is 0 Å². The van der Waals surface area contributed by atoms with Crippen LogP contribution < -0.4 is 5.32 Å². The van der Waals surface area contributed by atoms with Gasteiger partial charge < -0.3 is 20.3 Å². The topological polar surface area (TPSA) is 95.9 Å². The Morgan fingerprint density at radius 2 is 0.778 bits per heavy atom. The summed E-state index contributed by atoms with van der Waals surface area (Å²) in [5, 5.41) is 23.7. The van der Waals surface area contributed by atoms with Gasteiger partial charge in [0.05, 0.1) is 25.2 Å². The summed E-state index contributed by atoms with van der Waals surface area (Å²) in [6, 6.07) is -0.690. The first-order valence-corrected chi connectivity index (χ1v) is 24.3. The molecule has 3 atom stereocenters. The maximum Gasteiger partial charge on any atom is 0.306 e. The van der Waals surface area contributed by atoms with Crippen LogP contribution in [0.25, 0.3) is 0 Å². The summed E-state index contributed by atoms with van der Waals surface area (Å²) < 4.78 is 5.90. The lowest BCUT2D eigenvalue weighted by molar-refractivity contribution is -0.151. The van der Waals surface area contributed by atoms with E-state index < -0.39 is 18.2 Å². The first-order chi connectivity index (χ1) is 26.5. The summed E-state index contributed by atoms with van der Waals surface area (Å²) in [6.45, 7) is 6.48. The molecule has 0 heterocycles. The largest absolute Gasteiger partial charge is 0.462 e. The first kappa shape index (κ1) is 52.9. The molecule has 0 radical (unpaired) electrons. The molecule has 0 aromatic carbocycles. The number of carbonyl (C=O) groups excluding carboxylic acids is 2. The van der Waals surface area contributed by atoms with Gasteiger partial charge in [0.25, 0.3) is 0 Å². The molecule has 54 heavy (non-hydrogen) atoms. The number of rotatable bonds is 44. The monoisotopic (exact) mass is 766 g/mol. The van der Waals surface area contributed by atoms with E-state index in [0.29, 0.717) is 19.3 Å². The molecule has 6 heteroatoms. The molecule has 0 aliphatic carbocycles. The Morgan fingerprint density at radius 1 is 0.463 bits per heavy atom. The molecule has 0 spiro atoms. The molecule has 0 aliphatic rings. The fraction of sp³-hybridized carbons (Fsp3) is 0.958. The zero-order chi connectivity index (χ0) is 39.6. The summed E-state index contributed by atoms with van der Waals surface area (Å²) in [4.78, 5) is 25.9. The smallest absolute Gasteiger partial charge is 0.306 e. The molecular weight excluding hydrogens is 671 g/mol. The van der Waals surface area contributed by atoms with Crippen LogP contribution in [-0.4, -0.2) is 46.9 Å². The van der Waals surface area contributed by atoms with Gasteiger partial charge in [0, 0.05) is 6.42 Å². The number of hydrogen-bond acceptors (Lipinski definition) is 5. The molecule has 1 amide bonds. The van der Waals surface area contributed by atoms with Crippen molar-refractivity contribution in [1.29, 1.82) is 0 Å². The second-order valence-corrected chi connectivity index (χ2v) is 16.9. The molecule has 3 unspecified atom stereocenters. The third kappa shape index (κ3) is 37.8. The Morgan fingerprint density at radius 3 is 1.13 bits per heavy atom. The van der Waals surface area contributed by atoms with Gasteiger partial charge >= 0.3 is 5.97 Å². The fourth-order valence-electron chi connectivity index (χ4n) is 7.73. The van der Waals surface area contributed by atoms with Crippen molar-refractivity contribution in [3.63, 3.8) is 0 Å². The zero-order valence-corrected chi connectivity index (χ0v) is 36.6. The van der Waals surface area contributed by atoms with Crippen LogP contribution in [0.1, 0.15) is 271 Å². The normalized spacial score (nSPS) is 13.2. The van der Waals surface area contributed by atoms with E-state index in [-0.39, 0.29) is 24.9 Å². The highest BCUT2D eigenvalue weighted by Gasteiger charge is 2.24. The number of aliphatic hydroxyl groups excluding tert-OH is 2. The highest BCUT2D eigenvalue weighted by Crippen LogP contribution is 2.18. The van der Waals surface area contributed by atoms with Gasteiger partial charge in [-0.25, -0.2) is 0 Å². The number of amides is 1. The minimum Gasteiger partial charge on any atom is -0.462 e. The third-order valence-corrected chi connectivity index (χ3v) is 11.4. The molecule has 322 valence electrons. The van der Waals surface area contributed by atoms with Gasteiger partial charge in [0.1, 0.15) is 6.10 Å². The van der Waals surface area contributed by atoms with Crippen LogP contribution >= 0.6 is 0 Å². The van der Waals surface area contributed by atoms with Crippen molar-refractivity contribution in [2.24, 2.45) is 0 Å². The van der Waals surface area contributed by atoms with Crippen molar-refractivity contribution in [1.82, 2.24) is 5.32 Å². The zero-order valence-electron chi connectivity index (χ0n) is 36.6. The molecule has 0 fully saturated rings. The number of carbonyl (C=O) groups is 2. The van der Waals surface area contributed by atoms with Crippen LogP contribution in [0.5, 0.6) is 0 Å². The predicted molar refractivity (Wildman–Crippen MR) is 232 cm³/mol. The van der Waals surface area contributed by atoms with Crippen molar-refractivity contribution >= 4 is 11.9 Å². The second-order valence-electron chi connectivity index (χ2n) is 16.9. The van der Waals surface area contributed by atoms with E-state index in [4.69, 9.17) is 4.74 Å². The fourth-order valence-corrected chi connectivity index (χ4v) is 7.73. The minimum atomic E-state index is -0.777. The van der Waals surface area contributed by atoms with Crippen molar-refractivity contribution in [3.05, 3.63) is 0 Å². The van der Waals surface area contributed by atoms with Gasteiger partial charge in [-0.3, -0.25) is 9.59 Å². The van der Waals surface area contributed by atoms with Crippen LogP contribution in [0.2, 0.25) is 0 Å². The van der Waals surface area contributed by atoms with Crippen molar-refractivity contribution in [2.75, 3.05) is 6.61 Å². The van der Waals surface area contributed by atoms with Crippen LogP contribution in [0.15, 0.2) is 0 Å². The predicted octanol–water partition coefficient (Wildman–Crippen LogP) is 14.0. The number of ether oxygens (including phenoxy) is 1. The van der Waals surface area contributed by atoms with E-state index in [1.54, 1.807) is 0 Å². The lowest BCUT2D eigenvalue weighted by Crippen LogP contribution is -2.46.